The SMILES string of the molecule is CN(C)CC1CNCCN1c1ccc(Br)cc1. The van der Waals surface area contributed by atoms with Gasteiger partial charge in [-0.25, -0.2) is 0 Å². The normalized spacial score (nSPS) is 20.9. The van der Waals surface area contributed by atoms with Crippen LogP contribution in [-0.2, 0) is 0 Å². The number of anilines is 1. The molecular weight excluding hydrogens is 278 g/mol. The molecule has 1 N–H and O–H groups in total. The lowest BCUT2D eigenvalue weighted by atomic mass is 10.1. The highest BCUT2D eigenvalue weighted by Crippen LogP contribution is 2.21. The Hall–Kier alpha value is -0.580. The van der Waals surface area contributed by atoms with E-state index in [2.05, 4.69) is 69.4 Å². The van der Waals surface area contributed by atoms with E-state index in [9.17, 15) is 0 Å². The van der Waals surface area contributed by atoms with E-state index in [0.29, 0.717) is 6.04 Å². The summed E-state index contributed by atoms with van der Waals surface area (Å²) in [6.07, 6.45) is 0. The first-order valence-electron chi connectivity index (χ1n) is 6.04. The van der Waals surface area contributed by atoms with Gasteiger partial charge in [-0.05, 0) is 38.4 Å². The van der Waals surface area contributed by atoms with E-state index in [0.717, 1.165) is 30.7 Å². The largest absolute Gasteiger partial charge is 0.365 e. The highest BCUT2D eigenvalue weighted by molar-refractivity contribution is 9.10. The average molecular weight is 298 g/mol. The van der Waals surface area contributed by atoms with Crippen molar-refractivity contribution in [3.63, 3.8) is 0 Å². The highest BCUT2D eigenvalue weighted by Gasteiger charge is 2.22. The van der Waals surface area contributed by atoms with Crippen LogP contribution in [0.5, 0.6) is 0 Å². The van der Waals surface area contributed by atoms with Crippen molar-refractivity contribution in [1.29, 1.82) is 0 Å². The van der Waals surface area contributed by atoms with Gasteiger partial charge in [-0.1, -0.05) is 15.9 Å². The molecular formula is C13H20BrN3. The molecule has 0 saturated carbocycles. The Morgan fingerprint density at radius 3 is 2.71 bits per heavy atom. The standard InChI is InChI=1S/C13H20BrN3/c1-16(2)10-13-9-15-7-8-17(13)12-5-3-11(14)4-6-12/h3-6,13,15H,7-10H2,1-2H3. The number of hydrogen-bond acceptors (Lipinski definition) is 3. The maximum Gasteiger partial charge on any atom is 0.0541 e. The number of hydrogen-bond donors (Lipinski definition) is 1. The minimum Gasteiger partial charge on any atom is -0.365 e. The number of halogens is 1. The molecule has 1 heterocycles. The molecule has 0 bridgehead atoms. The van der Waals surface area contributed by atoms with Crippen LogP contribution in [0.3, 0.4) is 0 Å². The second kappa shape index (κ2) is 5.85. The summed E-state index contributed by atoms with van der Waals surface area (Å²) < 4.78 is 1.14. The summed E-state index contributed by atoms with van der Waals surface area (Å²) >= 11 is 3.49. The minimum absolute atomic E-state index is 0.555. The van der Waals surface area contributed by atoms with Crippen LogP contribution in [-0.4, -0.2) is 51.2 Å². The first kappa shape index (κ1) is 12.9. The minimum atomic E-state index is 0.555. The molecule has 0 spiro atoms. The van der Waals surface area contributed by atoms with Gasteiger partial charge in [0, 0.05) is 36.3 Å². The van der Waals surface area contributed by atoms with Crippen molar-refractivity contribution in [2.24, 2.45) is 0 Å². The van der Waals surface area contributed by atoms with Gasteiger partial charge in [-0.15, -0.1) is 0 Å². The molecule has 1 saturated heterocycles. The van der Waals surface area contributed by atoms with Gasteiger partial charge >= 0.3 is 0 Å². The smallest absolute Gasteiger partial charge is 0.0541 e. The van der Waals surface area contributed by atoms with E-state index < -0.39 is 0 Å². The third kappa shape index (κ3) is 3.44. The van der Waals surface area contributed by atoms with Crippen molar-refractivity contribution >= 4 is 21.6 Å². The molecule has 2 rings (SSSR count). The zero-order valence-corrected chi connectivity index (χ0v) is 12.1. The van der Waals surface area contributed by atoms with Gasteiger partial charge in [0.25, 0.3) is 0 Å². The van der Waals surface area contributed by atoms with Gasteiger partial charge in [-0.2, -0.15) is 0 Å². The van der Waals surface area contributed by atoms with Crippen LogP contribution in [0.25, 0.3) is 0 Å². The highest BCUT2D eigenvalue weighted by atomic mass is 79.9. The van der Waals surface area contributed by atoms with Crippen molar-refractivity contribution in [2.75, 3.05) is 45.2 Å². The molecule has 1 fully saturated rings. The molecule has 3 nitrogen and oxygen atoms in total. The van der Waals surface area contributed by atoms with Gasteiger partial charge < -0.3 is 15.1 Å². The van der Waals surface area contributed by atoms with Crippen molar-refractivity contribution in [3.05, 3.63) is 28.7 Å². The van der Waals surface area contributed by atoms with E-state index in [4.69, 9.17) is 0 Å². The number of piperazine rings is 1. The topological polar surface area (TPSA) is 18.5 Å². The van der Waals surface area contributed by atoms with E-state index >= 15 is 0 Å². The van der Waals surface area contributed by atoms with Crippen LogP contribution in [0.2, 0.25) is 0 Å². The van der Waals surface area contributed by atoms with Crippen LogP contribution >= 0.6 is 15.9 Å². The summed E-state index contributed by atoms with van der Waals surface area (Å²) in [5.74, 6) is 0. The van der Waals surface area contributed by atoms with Crippen LogP contribution in [0.1, 0.15) is 0 Å². The zero-order valence-electron chi connectivity index (χ0n) is 10.5. The lowest BCUT2D eigenvalue weighted by Gasteiger charge is -2.39. The molecule has 0 aliphatic carbocycles. The number of likely N-dealkylation sites (N-methyl/N-ethyl adjacent to an activating group) is 1. The summed E-state index contributed by atoms with van der Waals surface area (Å²) in [5.41, 5.74) is 1.32. The number of rotatable bonds is 3. The van der Waals surface area contributed by atoms with Crippen LogP contribution in [0.15, 0.2) is 28.7 Å². The molecule has 94 valence electrons. The Bertz CT molecular complexity index is 350. The number of nitrogens with zero attached hydrogens (tertiary/aromatic N) is 2. The first-order valence-corrected chi connectivity index (χ1v) is 6.84. The zero-order chi connectivity index (χ0) is 12.3. The molecule has 4 heteroatoms. The van der Waals surface area contributed by atoms with E-state index in [1.54, 1.807) is 0 Å². The molecule has 0 radical (unpaired) electrons. The molecule has 17 heavy (non-hydrogen) atoms. The molecule has 1 aliphatic heterocycles. The maximum absolute atomic E-state index is 3.49. The molecule has 1 unspecified atom stereocenters. The Morgan fingerprint density at radius 2 is 2.06 bits per heavy atom. The second-order valence-electron chi connectivity index (χ2n) is 4.79. The van der Waals surface area contributed by atoms with Gasteiger partial charge in [0.1, 0.15) is 0 Å². The fourth-order valence-electron chi connectivity index (χ4n) is 2.32. The van der Waals surface area contributed by atoms with Crippen LogP contribution in [0, 0.1) is 0 Å². The van der Waals surface area contributed by atoms with E-state index in [-0.39, 0.29) is 0 Å². The molecule has 0 amide bonds. The van der Waals surface area contributed by atoms with Gasteiger partial charge in [0.05, 0.1) is 6.04 Å². The van der Waals surface area contributed by atoms with Crippen molar-refractivity contribution in [1.82, 2.24) is 10.2 Å². The predicted octanol–water partition coefficient (Wildman–Crippen LogP) is 1.79. The monoisotopic (exact) mass is 297 g/mol. The Morgan fingerprint density at radius 1 is 1.35 bits per heavy atom. The Labute approximate surface area is 112 Å². The van der Waals surface area contributed by atoms with Crippen LogP contribution in [0.4, 0.5) is 5.69 Å². The van der Waals surface area contributed by atoms with Crippen molar-refractivity contribution in [2.45, 2.75) is 6.04 Å². The van der Waals surface area contributed by atoms with Gasteiger partial charge in [0.15, 0.2) is 0 Å². The molecule has 1 aliphatic rings. The summed E-state index contributed by atoms with van der Waals surface area (Å²) in [6.45, 7) is 4.30. The second-order valence-corrected chi connectivity index (χ2v) is 5.71. The Kier molecular flexibility index (Phi) is 4.42. The lowest BCUT2D eigenvalue weighted by Crippen LogP contribution is -2.55. The van der Waals surface area contributed by atoms with E-state index in [1.165, 1.54) is 5.69 Å². The first-order chi connectivity index (χ1) is 8.16. The number of nitrogens with one attached hydrogen (secondary N) is 1. The third-order valence-electron chi connectivity index (χ3n) is 3.08. The summed E-state index contributed by atoms with van der Waals surface area (Å²) in [7, 11) is 4.27. The fraction of sp³-hybridized carbons (Fsp3) is 0.538. The van der Waals surface area contributed by atoms with Crippen molar-refractivity contribution in [3.8, 4) is 0 Å². The van der Waals surface area contributed by atoms with Gasteiger partial charge in [-0.3, -0.25) is 0 Å². The number of benzene rings is 1. The maximum atomic E-state index is 3.49. The van der Waals surface area contributed by atoms with Gasteiger partial charge in [0.2, 0.25) is 0 Å². The summed E-state index contributed by atoms with van der Waals surface area (Å²) in [6, 6.07) is 9.17. The molecule has 0 aromatic heterocycles. The molecule has 1 aromatic carbocycles. The molecule has 1 atom stereocenters. The van der Waals surface area contributed by atoms with E-state index in [1.807, 2.05) is 0 Å². The average Bonchev–Trinajstić information content (AvgIpc) is 2.30. The third-order valence-corrected chi connectivity index (χ3v) is 3.61. The quantitative estimate of drug-likeness (QED) is 0.918. The fourth-order valence-corrected chi connectivity index (χ4v) is 2.58. The summed E-state index contributed by atoms with van der Waals surface area (Å²) in [5, 5.41) is 3.47. The van der Waals surface area contributed by atoms with Crippen molar-refractivity contribution < 1.29 is 0 Å². The lowest BCUT2D eigenvalue weighted by molar-refractivity contribution is 0.337. The predicted molar refractivity (Wildman–Crippen MR) is 76.7 cm³/mol. The Balaban J connectivity index is 2.12. The van der Waals surface area contributed by atoms with Crippen LogP contribution < -0.4 is 10.2 Å². The summed E-state index contributed by atoms with van der Waals surface area (Å²) in [4.78, 5) is 4.76. The molecule has 1 aromatic rings.